The van der Waals surface area contributed by atoms with Crippen LogP contribution in [0.15, 0.2) is 0 Å². The van der Waals surface area contributed by atoms with Gasteiger partial charge in [-0.1, -0.05) is 63.1 Å². The van der Waals surface area contributed by atoms with Crippen LogP contribution in [0.25, 0.3) is 0 Å². The van der Waals surface area contributed by atoms with E-state index in [4.69, 9.17) is 0 Å². The molecule has 0 aromatic carbocycles. The first-order valence-electron chi connectivity index (χ1n) is 9.65. The fourth-order valence-electron chi connectivity index (χ4n) is 8.15. The zero-order valence-corrected chi connectivity index (χ0v) is 18.0. The van der Waals surface area contributed by atoms with E-state index in [0.29, 0.717) is 21.7 Å². The molecule has 0 aromatic rings. The Kier molecular flexibility index (Phi) is 3.16. The molecule has 4 bridgehead atoms. The summed E-state index contributed by atoms with van der Waals surface area (Å²) in [5.74, 6) is 3.95. The molecule has 4 unspecified atom stereocenters. The van der Waals surface area contributed by atoms with Crippen LogP contribution in [0.1, 0.15) is 67.2 Å². The van der Waals surface area contributed by atoms with Crippen molar-refractivity contribution in [2.75, 3.05) is 0 Å². The Morgan fingerprint density at radius 3 is 1.43 bits per heavy atom. The molecule has 5 fully saturated rings. The largest absolute Gasteiger partial charge is 0.0782 e. The van der Waals surface area contributed by atoms with Crippen molar-refractivity contribution in [1.82, 2.24) is 0 Å². The van der Waals surface area contributed by atoms with E-state index in [-0.39, 0.29) is 0 Å². The van der Waals surface area contributed by atoms with Crippen molar-refractivity contribution in [1.29, 1.82) is 0 Å². The van der Waals surface area contributed by atoms with Crippen molar-refractivity contribution < 1.29 is 0 Å². The molecule has 0 radical (unpaired) electrons. The molecule has 8 atom stereocenters. The molecule has 0 N–H and O–H groups in total. The van der Waals surface area contributed by atoms with Gasteiger partial charge in [0, 0.05) is 10.5 Å². The third-order valence-electron chi connectivity index (χ3n) is 10.4. The predicted molar refractivity (Wildman–Crippen MR) is 107 cm³/mol. The smallest absolute Gasteiger partial charge is 0.0252 e. The van der Waals surface area contributed by atoms with Crippen LogP contribution in [0, 0.1) is 45.3 Å². The van der Waals surface area contributed by atoms with Gasteiger partial charge >= 0.3 is 0 Å². The Morgan fingerprint density at radius 1 is 0.652 bits per heavy atom. The molecule has 1 aliphatic heterocycles. The van der Waals surface area contributed by atoms with E-state index < -0.39 is 0 Å². The Bertz CT molecular complexity index is 507. The zero-order chi connectivity index (χ0) is 16.4. The van der Waals surface area contributed by atoms with Gasteiger partial charge in [0.05, 0.1) is 0 Å². The highest BCUT2D eigenvalue weighted by molar-refractivity contribution is 9.09. The average molecular weight is 369 g/mol. The minimum atomic E-state index is 0.551. The van der Waals surface area contributed by atoms with Crippen molar-refractivity contribution in [3.05, 3.63) is 0 Å². The summed E-state index contributed by atoms with van der Waals surface area (Å²) in [5.41, 5.74) is 2.25. The second-order valence-corrected chi connectivity index (χ2v) is 15.1. The Morgan fingerprint density at radius 2 is 1.04 bits per heavy atom. The van der Waals surface area contributed by atoms with Gasteiger partial charge in [-0.05, 0) is 80.8 Å². The molecule has 4 saturated carbocycles. The van der Waals surface area contributed by atoms with Gasteiger partial charge in [-0.25, -0.2) is 0 Å². The van der Waals surface area contributed by atoms with E-state index in [1.54, 1.807) is 0 Å². The van der Waals surface area contributed by atoms with E-state index in [1.165, 1.54) is 25.7 Å². The van der Waals surface area contributed by atoms with Gasteiger partial charge in [0.25, 0.3) is 0 Å². The number of hydrogen-bond donors (Lipinski definition) is 0. The molecular weight excluding hydrogens is 336 g/mol. The van der Waals surface area contributed by atoms with E-state index in [1.807, 2.05) is 0 Å². The molecule has 3 heteroatoms. The Labute approximate surface area is 154 Å². The molecule has 23 heavy (non-hydrogen) atoms. The van der Waals surface area contributed by atoms with E-state index >= 15 is 0 Å². The molecule has 5 rings (SSSR count). The van der Waals surface area contributed by atoms with Crippen LogP contribution < -0.4 is 0 Å². The number of hydrogen-bond acceptors (Lipinski definition) is 3. The van der Waals surface area contributed by atoms with Crippen molar-refractivity contribution in [3.8, 4) is 0 Å². The molecule has 0 spiro atoms. The Balaban J connectivity index is 1.64. The minimum absolute atomic E-state index is 0.551. The Hall–Kier alpha value is 1.05. The predicted octanol–water partition coefficient (Wildman–Crippen LogP) is 6.91. The average Bonchev–Trinajstić information content (AvgIpc) is 2.88. The monoisotopic (exact) mass is 368 g/mol. The SMILES string of the molecule is CC1(C)C2CC[C@@]1(C)[C@@H]1SSS[C@H]3C(C21)C1CC[C@]3(C)C1(C)C. The maximum atomic E-state index is 2.65. The molecule has 0 aromatic heterocycles. The van der Waals surface area contributed by atoms with Crippen LogP contribution in [-0.4, -0.2) is 10.5 Å². The van der Waals surface area contributed by atoms with Gasteiger partial charge in [-0.2, -0.15) is 0 Å². The van der Waals surface area contributed by atoms with Gasteiger partial charge < -0.3 is 0 Å². The van der Waals surface area contributed by atoms with Crippen molar-refractivity contribution in [3.63, 3.8) is 0 Å². The third-order valence-corrected chi connectivity index (χ3v) is 15.7. The quantitative estimate of drug-likeness (QED) is 0.426. The van der Waals surface area contributed by atoms with Gasteiger partial charge in [0.2, 0.25) is 0 Å². The van der Waals surface area contributed by atoms with Crippen LogP contribution in [-0.2, 0) is 0 Å². The van der Waals surface area contributed by atoms with Crippen molar-refractivity contribution in [2.24, 2.45) is 45.3 Å². The molecule has 0 nitrogen and oxygen atoms in total. The third kappa shape index (κ3) is 1.55. The van der Waals surface area contributed by atoms with E-state index in [2.05, 4.69) is 73.0 Å². The van der Waals surface area contributed by atoms with Crippen LogP contribution in [0.4, 0.5) is 0 Å². The fraction of sp³-hybridized carbons (Fsp3) is 1.00. The summed E-state index contributed by atoms with van der Waals surface area (Å²) in [6, 6.07) is 0. The lowest BCUT2D eigenvalue weighted by atomic mass is 9.68. The minimum Gasteiger partial charge on any atom is -0.0782 e. The van der Waals surface area contributed by atoms with Crippen LogP contribution in [0.3, 0.4) is 0 Å². The lowest BCUT2D eigenvalue weighted by Crippen LogP contribution is -2.42. The van der Waals surface area contributed by atoms with E-state index in [9.17, 15) is 0 Å². The van der Waals surface area contributed by atoms with E-state index in [0.717, 1.165) is 34.2 Å². The van der Waals surface area contributed by atoms with Crippen LogP contribution >= 0.6 is 31.4 Å². The molecule has 0 amide bonds. The summed E-state index contributed by atoms with van der Waals surface area (Å²) in [4.78, 5) is 0. The topological polar surface area (TPSA) is 0 Å². The lowest BCUT2D eigenvalue weighted by Gasteiger charge is -2.43. The summed E-state index contributed by atoms with van der Waals surface area (Å²) >= 11 is 0. The standard InChI is InChI=1S/C20H32S3/c1-17(2)11-7-9-19(17,5)15-13(11)14-12-8-10-20(6,18(12,3)4)16(14)22-23-21-15/h11-16H,7-10H2,1-6H3/t11?,12?,13?,14?,15-,16+,19-,20-/m0/s1. The molecule has 1 heterocycles. The summed E-state index contributed by atoms with van der Waals surface area (Å²) < 4.78 is 0. The normalized spacial score (nSPS) is 61.3. The van der Waals surface area contributed by atoms with Gasteiger partial charge in [-0.3, -0.25) is 0 Å². The maximum Gasteiger partial charge on any atom is 0.0252 e. The molecule has 5 aliphatic rings. The van der Waals surface area contributed by atoms with Gasteiger partial charge in [0.15, 0.2) is 0 Å². The summed E-state index contributed by atoms with van der Waals surface area (Å²) in [5, 5.41) is 1.81. The number of fused-ring (bicyclic) bond motifs is 11. The lowest BCUT2D eigenvalue weighted by molar-refractivity contribution is 0.128. The van der Waals surface area contributed by atoms with Crippen LogP contribution in [0.5, 0.6) is 0 Å². The highest BCUT2D eigenvalue weighted by Gasteiger charge is 2.75. The first-order chi connectivity index (χ1) is 10.7. The first-order valence-corrected chi connectivity index (χ1v) is 13.3. The second-order valence-electron chi connectivity index (χ2n) is 10.8. The molecular formula is C20H32S3. The maximum absolute atomic E-state index is 2.65. The zero-order valence-electron chi connectivity index (χ0n) is 15.5. The van der Waals surface area contributed by atoms with Crippen molar-refractivity contribution >= 4 is 31.4 Å². The van der Waals surface area contributed by atoms with Crippen molar-refractivity contribution in [2.45, 2.75) is 77.7 Å². The van der Waals surface area contributed by atoms with Crippen LogP contribution in [0.2, 0.25) is 0 Å². The first kappa shape index (κ1) is 16.2. The molecule has 4 aliphatic carbocycles. The second kappa shape index (κ2) is 4.47. The van der Waals surface area contributed by atoms with Gasteiger partial charge in [-0.15, -0.1) is 0 Å². The highest BCUT2D eigenvalue weighted by atomic mass is 33.5. The molecule has 130 valence electrons. The summed E-state index contributed by atoms with van der Waals surface area (Å²) in [7, 11) is 6.75. The van der Waals surface area contributed by atoms with Gasteiger partial charge in [0.1, 0.15) is 0 Å². The highest BCUT2D eigenvalue weighted by Crippen LogP contribution is 2.82. The fourth-order valence-corrected chi connectivity index (χ4v) is 15.2. The molecule has 1 saturated heterocycles. The number of rotatable bonds is 0. The summed E-state index contributed by atoms with van der Waals surface area (Å²) in [6.45, 7) is 15.8. The summed E-state index contributed by atoms with van der Waals surface area (Å²) in [6.07, 6.45) is 5.97.